The Kier molecular flexibility index (Phi) is 3.06. The molecular weight excluding hydrogens is 277 g/mol. The van der Waals surface area contributed by atoms with E-state index in [-0.39, 0.29) is 6.54 Å². The van der Waals surface area contributed by atoms with Gasteiger partial charge >= 0.3 is 11.7 Å². The third-order valence-electron chi connectivity index (χ3n) is 3.18. The topological polar surface area (TPSA) is 72.4 Å². The Morgan fingerprint density at radius 3 is 2.71 bits per heavy atom. The molecule has 0 radical (unpaired) electrons. The highest BCUT2D eigenvalue weighted by atomic mass is 19.1. The van der Waals surface area contributed by atoms with Crippen molar-refractivity contribution < 1.29 is 18.7 Å². The van der Waals surface area contributed by atoms with Gasteiger partial charge in [0.2, 0.25) is 0 Å². The molecule has 3 aromatic rings. The number of benzene rings is 2. The zero-order valence-corrected chi connectivity index (χ0v) is 10.7. The fraction of sp³-hybridized carbons (Fsp3) is 0.0667. The minimum Gasteiger partial charge on any atom is -0.478 e. The largest absolute Gasteiger partial charge is 0.478 e. The fourth-order valence-corrected chi connectivity index (χ4v) is 2.18. The standard InChI is InChI=1S/C15H10FNO4/c16-11-7-9(5-6-10(11)14(18)19)8-17-12-3-1-2-4-13(12)21-15(17)20/h1-7H,8H2,(H,18,19). The molecule has 0 aliphatic rings. The molecule has 1 heterocycles. The normalized spacial score (nSPS) is 10.9. The molecule has 1 aromatic heterocycles. The Hall–Kier alpha value is -2.89. The number of oxazole rings is 1. The van der Waals surface area contributed by atoms with Crippen molar-refractivity contribution in [2.24, 2.45) is 0 Å². The van der Waals surface area contributed by atoms with Crippen LogP contribution in [0, 0.1) is 5.82 Å². The fourth-order valence-electron chi connectivity index (χ4n) is 2.18. The van der Waals surface area contributed by atoms with Gasteiger partial charge in [-0.3, -0.25) is 4.57 Å². The number of halogens is 1. The van der Waals surface area contributed by atoms with E-state index in [4.69, 9.17) is 9.52 Å². The van der Waals surface area contributed by atoms with Crippen LogP contribution in [0.15, 0.2) is 51.7 Å². The molecule has 0 spiro atoms. The Balaban J connectivity index is 2.03. The molecule has 5 nitrogen and oxygen atoms in total. The van der Waals surface area contributed by atoms with Gasteiger partial charge in [0.25, 0.3) is 0 Å². The Morgan fingerprint density at radius 1 is 1.24 bits per heavy atom. The summed E-state index contributed by atoms with van der Waals surface area (Å²) in [4.78, 5) is 22.6. The van der Waals surface area contributed by atoms with Gasteiger partial charge in [-0.25, -0.2) is 14.0 Å². The molecule has 0 bridgehead atoms. The maximum Gasteiger partial charge on any atom is 0.420 e. The molecule has 0 aliphatic heterocycles. The van der Waals surface area contributed by atoms with Crippen LogP contribution in [0.4, 0.5) is 4.39 Å². The molecule has 3 rings (SSSR count). The lowest BCUT2D eigenvalue weighted by molar-refractivity contribution is 0.0692. The molecule has 2 aromatic carbocycles. The molecule has 0 fully saturated rings. The molecule has 0 saturated heterocycles. The van der Waals surface area contributed by atoms with Crippen LogP contribution in [0.2, 0.25) is 0 Å². The highest BCUT2D eigenvalue weighted by Crippen LogP contribution is 2.15. The highest BCUT2D eigenvalue weighted by Gasteiger charge is 2.13. The maximum atomic E-state index is 13.7. The van der Waals surface area contributed by atoms with Crippen LogP contribution >= 0.6 is 0 Å². The van der Waals surface area contributed by atoms with Crippen LogP contribution < -0.4 is 5.76 Å². The molecule has 0 amide bonds. The Labute approximate surface area is 117 Å². The van der Waals surface area contributed by atoms with Crippen molar-refractivity contribution in [3.63, 3.8) is 0 Å². The van der Waals surface area contributed by atoms with Gasteiger partial charge in [0.15, 0.2) is 5.58 Å². The summed E-state index contributed by atoms with van der Waals surface area (Å²) in [6.45, 7) is 0.104. The van der Waals surface area contributed by atoms with Gasteiger partial charge < -0.3 is 9.52 Å². The van der Waals surface area contributed by atoms with Crippen LogP contribution in [0.5, 0.6) is 0 Å². The monoisotopic (exact) mass is 287 g/mol. The maximum absolute atomic E-state index is 13.7. The number of aromatic carboxylic acids is 1. The van der Waals surface area contributed by atoms with Crippen molar-refractivity contribution in [2.75, 3.05) is 0 Å². The second kappa shape index (κ2) is 4.90. The Bertz CT molecular complexity index is 894. The third-order valence-corrected chi connectivity index (χ3v) is 3.18. The molecule has 0 atom stereocenters. The number of carboxylic acid groups (broad SMARTS) is 1. The first-order valence-corrected chi connectivity index (χ1v) is 6.16. The molecule has 6 heteroatoms. The molecule has 0 saturated carbocycles. The van der Waals surface area contributed by atoms with Gasteiger partial charge in [0.1, 0.15) is 5.82 Å². The first-order chi connectivity index (χ1) is 10.1. The van der Waals surface area contributed by atoms with Gasteiger partial charge in [-0.2, -0.15) is 0 Å². The van der Waals surface area contributed by atoms with E-state index < -0.39 is 23.1 Å². The quantitative estimate of drug-likeness (QED) is 0.803. The molecule has 106 valence electrons. The summed E-state index contributed by atoms with van der Waals surface area (Å²) < 4.78 is 20.1. The summed E-state index contributed by atoms with van der Waals surface area (Å²) in [6, 6.07) is 10.7. The predicted octanol–water partition coefficient (Wildman–Crippen LogP) is 2.48. The van der Waals surface area contributed by atoms with E-state index in [0.717, 1.165) is 6.07 Å². The number of nitrogens with zero attached hydrogens (tertiary/aromatic N) is 1. The van der Waals surface area contributed by atoms with Crippen LogP contribution in [0.1, 0.15) is 15.9 Å². The zero-order chi connectivity index (χ0) is 15.0. The van der Waals surface area contributed by atoms with Gasteiger partial charge in [0, 0.05) is 0 Å². The van der Waals surface area contributed by atoms with Crippen molar-refractivity contribution in [1.29, 1.82) is 0 Å². The second-order valence-electron chi connectivity index (χ2n) is 4.54. The number of aromatic nitrogens is 1. The molecule has 0 aliphatic carbocycles. The minimum atomic E-state index is -1.33. The van der Waals surface area contributed by atoms with Crippen molar-refractivity contribution in [1.82, 2.24) is 4.57 Å². The van der Waals surface area contributed by atoms with E-state index in [0.29, 0.717) is 16.7 Å². The average Bonchev–Trinajstić information content (AvgIpc) is 2.75. The van der Waals surface area contributed by atoms with Crippen molar-refractivity contribution in [2.45, 2.75) is 6.54 Å². The highest BCUT2D eigenvalue weighted by molar-refractivity contribution is 5.87. The smallest absolute Gasteiger partial charge is 0.420 e. The second-order valence-corrected chi connectivity index (χ2v) is 4.54. The molecular formula is C15H10FNO4. The minimum absolute atomic E-state index is 0.104. The molecule has 1 N–H and O–H groups in total. The molecule has 21 heavy (non-hydrogen) atoms. The van der Waals surface area contributed by atoms with Gasteiger partial charge in [-0.1, -0.05) is 18.2 Å². The summed E-state index contributed by atoms with van der Waals surface area (Å²) in [7, 11) is 0. The first kappa shape index (κ1) is 13.1. The number of carbonyl (C=O) groups is 1. The molecule has 0 unspecified atom stereocenters. The number of rotatable bonds is 3. The van der Waals surface area contributed by atoms with Crippen LogP contribution in [-0.4, -0.2) is 15.6 Å². The predicted molar refractivity (Wildman–Crippen MR) is 72.9 cm³/mol. The number of hydrogen-bond acceptors (Lipinski definition) is 3. The van der Waals surface area contributed by atoms with Crippen molar-refractivity contribution in [3.05, 3.63) is 70.0 Å². The Morgan fingerprint density at radius 2 is 2.00 bits per heavy atom. The van der Waals surface area contributed by atoms with Crippen LogP contribution in [0.3, 0.4) is 0 Å². The van der Waals surface area contributed by atoms with Crippen molar-refractivity contribution >= 4 is 17.1 Å². The lowest BCUT2D eigenvalue weighted by atomic mass is 10.1. The number of carboxylic acids is 1. The first-order valence-electron chi connectivity index (χ1n) is 6.16. The summed E-state index contributed by atoms with van der Waals surface area (Å²) in [6.07, 6.45) is 0. The number of fused-ring (bicyclic) bond motifs is 1. The van der Waals surface area contributed by atoms with E-state index in [9.17, 15) is 14.0 Å². The summed E-state index contributed by atoms with van der Waals surface area (Å²) in [5, 5.41) is 8.79. The lowest BCUT2D eigenvalue weighted by Gasteiger charge is -2.04. The number of hydrogen-bond donors (Lipinski definition) is 1. The van der Waals surface area contributed by atoms with Crippen LogP contribution in [-0.2, 0) is 6.54 Å². The van der Waals surface area contributed by atoms with Gasteiger partial charge in [-0.15, -0.1) is 0 Å². The van der Waals surface area contributed by atoms with E-state index in [2.05, 4.69) is 0 Å². The van der Waals surface area contributed by atoms with Gasteiger partial charge in [0.05, 0.1) is 17.6 Å². The average molecular weight is 287 g/mol. The van der Waals surface area contributed by atoms with E-state index in [1.54, 1.807) is 24.3 Å². The number of para-hydroxylation sites is 2. The van der Waals surface area contributed by atoms with Crippen molar-refractivity contribution in [3.8, 4) is 0 Å². The van der Waals surface area contributed by atoms with Crippen LogP contribution in [0.25, 0.3) is 11.1 Å². The van der Waals surface area contributed by atoms with Gasteiger partial charge in [-0.05, 0) is 29.8 Å². The summed E-state index contributed by atoms with van der Waals surface area (Å²) >= 11 is 0. The van der Waals surface area contributed by atoms with E-state index in [1.165, 1.54) is 16.7 Å². The zero-order valence-electron chi connectivity index (χ0n) is 10.7. The van der Waals surface area contributed by atoms with E-state index >= 15 is 0 Å². The third kappa shape index (κ3) is 2.31. The lowest BCUT2D eigenvalue weighted by Crippen LogP contribution is -2.15. The SMILES string of the molecule is O=C(O)c1ccc(Cn2c(=O)oc3ccccc32)cc1F. The van der Waals surface area contributed by atoms with E-state index in [1.807, 2.05) is 0 Å². The summed E-state index contributed by atoms with van der Waals surface area (Å²) in [5.74, 6) is -2.70. The summed E-state index contributed by atoms with van der Waals surface area (Å²) in [5.41, 5.74) is 1.13.